The summed E-state index contributed by atoms with van der Waals surface area (Å²) < 4.78 is 0. The molecule has 0 saturated carbocycles. The summed E-state index contributed by atoms with van der Waals surface area (Å²) in [7, 11) is 0. The molecule has 0 radical (unpaired) electrons. The van der Waals surface area contributed by atoms with E-state index in [1.54, 1.807) is 6.92 Å². The third kappa shape index (κ3) is 10.3. The van der Waals surface area contributed by atoms with E-state index in [9.17, 15) is 28.8 Å². The maximum Gasteiger partial charge on any atom is 0.333 e. The van der Waals surface area contributed by atoms with Crippen LogP contribution in [0.5, 0.6) is 0 Å². The fourth-order valence-corrected chi connectivity index (χ4v) is 3.33. The van der Waals surface area contributed by atoms with Gasteiger partial charge in [-0.15, -0.1) is 5.06 Å². The van der Waals surface area contributed by atoms with Crippen molar-refractivity contribution in [2.24, 2.45) is 17.3 Å². The lowest BCUT2D eigenvalue weighted by molar-refractivity contribution is -0.197. The highest BCUT2D eigenvalue weighted by Gasteiger charge is 2.33. The van der Waals surface area contributed by atoms with Gasteiger partial charge in [-0.3, -0.25) is 24.0 Å². The van der Waals surface area contributed by atoms with Gasteiger partial charge in [-0.05, 0) is 31.1 Å². The van der Waals surface area contributed by atoms with Gasteiger partial charge < -0.3 is 10.2 Å². The van der Waals surface area contributed by atoms with E-state index in [1.165, 1.54) is 0 Å². The van der Waals surface area contributed by atoms with Gasteiger partial charge in [0.2, 0.25) is 5.91 Å². The average molecular weight is 467 g/mol. The lowest BCUT2D eigenvalue weighted by atomic mass is 9.87. The third-order valence-electron chi connectivity index (χ3n) is 5.59. The topological polar surface area (TPSA) is 127 Å². The number of nitrogens with one attached hydrogen (secondary N) is 1. The zero-order valence-electron chi connectivity index (χ0n) is 20.7. The van der Waals surface area contributed by atoms with Gasteiger partial charge in [0, 0.05) is 44.4 Å². The van der Waals surface area contributed by atoms with Crippen molar-refractivity contribution in [3.05, 3.63) is 0 Å². The molecule has 1 rings (SSSR count). The number of carbonyl (C=O) groups excluding carboxylic acids is 6. The van der Waals surface area contributed by atoms with Gasteiger partial charge in [-0.1, -0.05) is 34.6 Å². The molecule has 1 fully saturated rings. The molecule has 2 atom stereocenters. The van der Waals surface area contributed by atoms with Crippen LogP contribution in [0.15, 0.2) is 0 Å². The van der Waals surface area contributed by atoms with Crippen LogP contribution in [0.1, 0.15) is 92.9 Å². The number of ketones is 2. The summed E-state index contributed by atoms with van der Waals surface area (Å²) in [4.78, 5) is 77.0. The molecule has 9 heteroatoms. The largest absolute Gasteiger partial charge is 0.346 e. The van der Waals surface area contributed by atoms with E-state index in [-0.39, 0.29) is 67.3 Å². The summed E-state index contributed by atoms with van der Waals surface area (Å²) in [5, 5.41) is 3.22. The Kier molecular flexibility index (Phi) is 10.9. The molecule has 1 saturated heterocycles. The van der Waals surface area contributed by atoms with Crippen molar-refractivity contribution in [3.63, 3.8) is 0 Å². The summed E-state index contributed by atoms with van der Waals surface area (Å²) in [5.74, 6) is -3.11. The summed E-state index contributed by atoms with van der Waals surface area (Å²) in [6.45, 7) is 11.5. The van der Waals surface area contributed by atoms with Crippen LogP contribution in [-0.2, 0) is 33.6 Å². The van der Waals surface area contributed by atoms with E-state index in [1.807, 2.05) is 13.8 Å². The molecule has 0 aromatic heterocycles. The molecule has 0 aromatic rings. The Balaban J connectivity index is 2.46. The lowest BCUT2D eigenvalue weighted by Crippen LogP contribution is -2.43. The summed E-state index contributed by atoms with van der Waals surface area (Å²) in [6.07, 6.45) is 1.26. The Hall–Kier alpha value is -2.58. The van der Waals surface area contributed by atoms with E-state index in [0.717, 1.165) is 6.42 Å². The number of hydrogen-bond acceptors (Lipinski definition) is 7. The van der Waals surface area contributed by atoms with Crippen LogP contribution in [0.3, 0.4) is 0 Å². The number of hydroxylamine groups is 2. The Bertz CT molecular complexity index is 751. The van der Waals surface area contributed by atoms with Gasteiger partial charge in [0.15, 0.2) is 5.78 Å². The van der Waals surface area contributed by atoms with Gasteiger partial charge >= 0.3 is 5.97 Å². The second-order valence-electron chi connectivity index (χ2n) is 10.2. The van der Waals surface area contributed by atoms with Gasteiger partial charge in [0.05, 0.1) is 6.04 Å². The number of hydrogen-bond donors (Lipinski definition) is 1. The van der Waals surface area contributed by atoms with Crippen molar-refractivity contribution < 1.29 is 33.6 Å². The minimum absolute atomic E-state index is 0.00451. The number of Topliss-reactive ketones (excluding diaryl/α,β-unsaturated/α-hetero) is 2. The van der Waals surface area contributed by atoms with Gasteiger partial charge in [0.1, 0.15) is 5.78 Å². The maximum absolute atomic E-state index is 12.7. The first-order valence-corrected chi connectivity index (χ1v) is 11.6. The van der Waals surface area contributed by atoms with E-state index in [4.69, 9.17) is 4.84 Å². The summed E-state index contributed by atoms with van der Waals surface area (Å²) >= 11 is 0. The Labute approximate surface area is 195 Å². The van der Waals surface area contributed by atoms with Crippen LogP contribution in [0, 0.1) is 17.3 Å². The maximum atomic E-state index is 12.7. The monoisotopic (exact) mass is 466 g/mol. The molecular weight excluding hydrogens is 428 g/mol. The second-order valence-corrected chi connectivity index (χ2v) is 10.2. The summed E-state index contributed by atoms with van der Waals surface area (Å²) in [6, 6.07) is -0.623. The number of rotatable bonds is 13. The molecule has 0 aliphatic carbocycles. The van der Waals surface area contributed by atoms with E-state index >= 15 is 0 Å². The highest BCUT2D eigenvalue weighted by Crippen LogP contribution is 2.22. The first-order valence-electron chi connectivity index (χ1n) is 11.6. The molecule has 0 unspecified atom stereocenters. The molecule has 0 spiro atoms. The quantitative estimate of drug-likeness (QED) is 0.413. The van der Waals surface area contributed by atoms with Gasteiger partial charge in [-0.2, -0.15) is 0 Å². The Morgan fingerprint density at radius 2 is 1.55 bits per heavy atom. The van der Waals surface area contributed by atoms with Crippen LogP contribution in [0.2, 0.25) is 0 Å². The van der Waals surface area contributed by atoms with Gasteiger partial charge in [-0.25, -0.2) is 4.79 Å². The lowest BCUT2D eigenvalue weighted by Gasteiger charge is -2.23. The molecule has 1 N–H and O–H groups in total. The van der Waals surface area contributed by atoms with Crippen LogP contribution < -0.4 is 5.32 Å². The minimum atomic E-state index is -0.757. The summed E-state index contributed by atoms with van der Waals surface area (Å²) in [5.41, 5.74) is 0.0260. The van der Waals surface area contributed by atoms with Crippen molar-refractivity contribution in [1.82, 2.24) is 10.4 Å². The van der Waals surface area contributed by atoms with E-state index in [2.05, 4.69) is 26.1 Å². The molecule has 1 heterocycles. The Morgan fingerprint density at radius 1 is 0.970 bits per heavy atom. The molecule has 3 amide bonds. The smallest absolute Gasteiger partial charge is 0.333 e. The predicted molar refractivity (Wildman–Crippen MR) is 120 cm³/mol. The fourth-order valence-electron chi connectivity index (χ4n) is 3.33. The zero-order chi connectivity index (χ0) is 25.3. The van der Waals surface area contributed by atoms with Crippen molar-refractivity contribution >= 4 is 35.3 Å². The average Bonchev–Trinajstić information content (AvgIpc) is 3.01. The number of imide groups is 1. The van der Waals surface area contributed by atoms with Crippen LogP contribution in [-0.4, -0.2) is 46.4 Å². The fraction of sp³-hybridized carbons (Fsp3) is 0.750. The normalized spacial score (nSPS) is 16.0. The molecular formula is C24H38N2O7. The highest BCUT2D eigenvalue weighted by atomic mass is 16.7. The molecule has 0 bridgehead atoms. The first kappa shape index (κ1) is 28.5. The predicted octanol–water partition coefficient (Wildman–Crippen LogP) is 2.90. The van der Waals surface area contributed by atoms with E-state index in [0.29, 0.717) is 11.5 Å². The zero-order valence-corrected chi connectivity index (χ0v) is 20.7. The minimum Gasteiger partial charge on any atom is -0.346 e. The molecule has 186 valence electrons. The van der Waals surface area contributed by atoms with E-state index < -0.39 is 29.7 Å². The van der Waals surface area contributed by atoms with Crippen LogP contribution in [0.25, 0.3) is 0 Å². The highest BCUT2D eigenvalue weighted by molar-refractivity contribution is 6.01. The number of nitrogens with zero attached hydrogens (tertiary/aromatic N) is 1. The molecule has 1 aliphatic rings. The number of carbonyl (C=O) groups is 6. The molecule has 0 aromatic carbocycles. The Morgan fingerprint density at radius 3 is 2.06 bits per heavy atom. The second kappa shape index (κ2) is 12.6. The standard InChI is InChI=1S/C24H38N2O7/c1-15(2)18(23(32)25-16(3)19(28)12-13-24(4,5)6)14-17(27)8-7-9-22(31)33-26-20(29)10-11-21(26)30/h15-16,18H,7-14H2,1-6H3,(H,25,32)/t16-,18-/m0/s1. The SMILES string of the molecule is CC(C)[C@H](CC(=O)CCCC(=O)ON1C(=O)CCC1=O)C(=O)N[C@@H](C)C(=O)CCC(C)(C)C. The van der Waals surface area contributed by atoms with Crippen molar-refractivity contribution in [1.29, 1.82) is 0 Å². The molecule has 9 nitrogen and oxygen atoms in total. The van der Waals surface area contributed by atoms with Crippen LogP contribution in [0.4, 0.5) is 0 Å². The van der Waals surface area contributed by atoms with Crippen molar-refractivity contribution in [2.75, 3.05) is 0 Å². The van der Waals surface area contributed by atoms with Gasteiger partial charge in [0.25, 0.3) is 11.8 Å². The first-order chi connectivity index (χ1) is 15.2. The van der Waals surface area contributed by atoms with Crippen molar-refractivity contribution in [3.8, 4) is 0 Å². The molecule has 1 aliphatic heterocycles. The third-order valence-corrected chi connectivity index (χ3v) is 5.59. The molecule has 33 heavy (non-hydrogen) atoms. The van der Waals surface area contributed by atoms with Crippen molar-refractivity contribution in [2.45, 2.75) is 99.0 Å². The van der Waals surface area contributed by atoms with Crippen LogP contribution >= 0.6 is 0 Å². The number of amides is 3.